The van der Waals surface area contributed by atoms with Crippen molar-refractivity contribution in [2.75, 3.05) is 31.5 Å². The lowest BCUT2D eigenvalue weighted by molar-refractivity contribution is -0.122. The maximum Gasteiger partial charge on any atom is 0.253 e. The number of hydrogen-bond acceptors (Lipinski definition) is 4. The summed E-state index contributed by atoms with van der Waals surface area (Å²) in [5.41, 5.74) is 6.42. The van der Waals surface area contributed by atoms with Crippen LogP contribution in [0.2, 0.25) is 0 Å². The first-order chi connectivity index (χ1) is 15.5. The maximum atomic E-state index is 13.2. The molecule has 0 radical (unpaired) electrons. The lowest BCUT2D eigenvalue weighted by Gasteiger charge is -2.28. The topological polar surface area (TPSA) is 73.5 Å². The minimum atomic E-state index is -0.235. The molecule has 0 bridgehead atoms. The van der Waals surface area contributed by atoms with Crippen molar-refractivity contribution >= 4 is 17.5 Å². The van der Waals surface area contributed by atoms with Crippen LogP contribution in [0.15, 0.2) is 36.4 Å². The summed E-state index contributed by atoms with van der Waals surface area (Å²) in [6, 6.07) is 12.0. The minimum absolute atomic E-state index is 0.00236. The third kappa shape index (κ3) is 4.11. The van der Waals surface area contributed by atoms with Crippen molar-refractivity contribution in [1.82, 2.24) is 15.5 Å². The Morgan fingerprint density at radius 1 is 1.06 bits per heavy atom. The van der Waals surface area contributed by atoms with Crippen molar-refractivity contribution in [3.63, 3.8) is 0 Å². The van der Waals surface area contributed by atoms with Gasteiger partial charge in [-0.1, -0.05) is 24.3 Å². The lowest BCUT2D eigenvalue weighted by atomic mass is 9.95. The molecule has 0 spiro atoms. The van der Waals surface area contributed by atoms with Gasteiger partial charge in [-0.25, -0.2) is 0 Å². The van der Waals surface area contributed by atoms with Crippen LogP contribution in [-0.2, 0) is 11.2 Å². The molecular formula is C26H32N4O2. The number of fused-ring (bicyclic) bond motifs is 1. The predicted molar refractivity (Wildman–Crippen MR) is 126 cm³/mol. The number of rotatable bonds is 5. The van der Waals surface area contributed by atoms with Gasteiger partial charge >= 0.3 is 0 Å². The third-order valence-electron chi connectivity index (χ3n) is 7.07. The van der Waals surface area contributed by atoms with E-state index in [9.17, 15) is 9.59 Å². The highest BCUT2D eigenvalue weighted by Gasteiger charge is 2.37. The molecular weight excluding hydrogens is 400 g/mol. The number of carbonyl (C=O) groups is 2. The summed E-state index contributed by atoms with van der Waals surface area (Å²) >= 11 is 0. The fourth-order valence-corrected chi connectivity index (χ4v) is 5.05. The molecule has 3 aliphatic rings. The second-order valence-electron chi connectivity index (χ2n) is 9.45. The number of aryl methyl sites for hydroxylation is 2. The SMILES string of the molecule is Cc1cc(C(=O)N2CCNCC2)ccc1C(NC(=O)C1Cc2cccc(C)c2N1)C1CC1. The van der Waals surface area contributed by atoms with Gasteiger partial charge in [-0.3, -0.25) is 9.59 Å². The summed E-state index contributed by atoms with van der Waals surface area (Å²) in [5, 5.41) is 10.1. The molecule has 168 valence electrons. The Hall–Kier alpha value is -2.86. The van der Waals surface area contributed by atoms with Gasteiger partial charge in [0.05, 0.1) is 6.04 Å². The highest BCUT2D eigenvalue weighted by Crippen LogP contribution is 2.42. The highest BCUT2D eigenvalue weighted by molar-refractivity contribution is 5.94. The maximum absolute atomic E-state index is 13.2. The van der Waals surface area contributed by atoms with Crippen LogP contribution in [0.3, 0.4) is 0 Å². The molecule has 0 aromatic heterocycles. The number of carbonyl (C=O) groups excluding carboxylic acids is 2. The summed E-state index contributed by atoms with van der Waals surface area (Å²) < 4.78 is 0. The van der Waals surface area contributed by atoms with E-state index >= 15 is 0 Å². The zero-order valence-corrected chi connectivity index (χ0v) is 18.9. The number of nitrogens with zero attached hydrogens (tertiary/aromatic N) is 1. The van der Waals surface area contributed by atoms with Gasteiger partial charge < -0.3 is 20.9 Å². The molecule has 1 saturated heterocycles. The fourth-order valence-electron chi connectivity index (χ4n) is 5.05. The molecule has 2 fully saturated rings. The number of amides is 2. The molecule has 2 aromatic carbocycles. The van der Waals surface area contributed by atoms with Crippen molar-refractivity contribution in [3.8, 4) is 0 Å². The first-order valence-corrected chi connectivity index (χ1v) is 11.8. The molecule has 2 aromatic rings. The van der Waals surface area contributed by atoms with Crippen molar-refractivity contribution < 1.29 is 9.59 Å². The van der Waals surface area contributed by atoms with E-state index < -0.39 is 0 Å². The number of nitrogens with one attached hydrogen (secondary N) is 3. The summed E-state index contributed by atoms with van der Waals surface area (Å²) in [6.07, 6.45) is 2.98. The largest absolute Gasteiger partial charge is 0.373 e. The normalized spacial score (nSPS) is 20.9. The first-order valence-electron chi connectivity index (χ1n) is 11.8. The molecule has 6 heteroatoms. The van der Waals surface area contributed by atoms with Crippen molar-refractivity contribution in [2.24, 2.45) is 5.92 Å². The van der Waals surface area contributed by atoms with Crippen molar-refractivity contribution in [3.05, 3.63) is 64.2 Å². The first kappa shape index (κ1) is 21.0. The van der Waals surface area contributed by atoms with Crippen LogP contribution in [0.5, 0.6) is 0 Å². The van der Waals surface area contributed by atoms with Gasteiger partial charge in [0.15, 0.2) is 0 Å². The van der Waals surface area contributed by atoms with E-state index in [0.717, 1.165) is 67.8 Å². The molecule has 2 amide bonds. The number of piperazine rings is 1. The van der Waals surface area contributed by atoms with Crippen LogP contribution in [0.1, 0.15) is 51.5 Å². The Labute approximate surface area is 189 Å². The van der Waals surface area contributed by atoms with Gasteiger partial charge in [0.2, 0.25) is 5.91 Å². The zero-order chi connectivity index (χ0) is 22.2. The average molecular weight is 433 g/mol. The van der Waals surface area contributed by atoms with Gasteiger partial charge in [0.25, 0.3) is 5.91 Å². The van der Waals surface area contributed by atoms with Gasteiger partial charge in [-0.2, -0.15) is 0 Å². The summed E-state index contributed by atoms with van der Waals surface area (Å²) in [5.74, 6) is 0.618. The molecule has 2 atom stereocenters. The summed E-state index contributed by atoms with van der Waals surface area (Å²) in [7, 11) is 0. The van der Waals surface area contributed by atoms with E-state index in [2.05, 4.69) is 54.1 Å². The van der Waals surface area contributed by atoms with Crippen LogP contribution in [0, 0.1) is 19.8 Å². The Kier molecular flexibility index (Phi) is 5.64. The molecule has 2 heterocycles. The standard InChI is InChI=1S/C26H32N4O2/c1-16-4-3-5-19-15-22(28-23(16)19)25(31)29-24(18-6-7-18)21-9-8-20(14-17(21)2)26(32)30-12-10-27-11-13-30/h3-5,8-9,14,18,22,24,27-28H,6-7,10-13,15H2,1-2H3,(H,29,31). The van der Waals surface area contributed by atoms with E-state index in [4.69, 9.17) is 0 Å². The molecule has 5 rings (SSSR count). The van der Waals surface area contributed by atoms with Crippen LogP contribution in [0.25, 0.3) is 0 Å². The number of anilines is 1. The predicted octanol–water partition coefficient (Wildman–Crippen LogP) is 2.95. The van der Waals surface area contributed by atoms with Crippen LogP contribution >= 0.6 is 0 Å². The molecule has 2 aliphatic heterocycles. The molecule has 1 aliphatic carbocycles. The molecule has 3 N–H and O–H groups in total. The second-order valence-corrected chi connectivity index (χ2v) is 9.45. The third-order valence-corrected chi connectivity index (χ3v) is 7.07. The van der Waals surface area contributed by atoms with Gasteiger partial charge in [-0.05, 0) is 67.0 Å². The van der Waals surface area contributed by atoms with Gasteiger partial charge in [0.1, 0.15) is 6.04 Å². The number of benzene rings is 2. The fraction of sp³-hybridized carbons (Fsp3) is 0.462. The van der Waals surface area contributed by atoms with Gasteiger partial charge in [-0.15, -0.1) is 0 Å². The van der Waals surface area contributed by atoms with E-state index in [1.165, 1.54) is 11.1 Å². The van der Waals surface area contributed by atoms with Crippen molar-refractivity contribution in [2.45, 2.75) is 45.2 Å². The highest BCUT2D eigenvalue weighted by atomic mass is 16.2. The summed E-state index contributed by atoms with van der Waals surface area (Å²) in [6.45, 7) is 7.31. The Morgan fingerprint density at radius 2 is 1.84 bits per heavy atom. The number of hydrogen-bond donors (Lipinski definition) is 3. The van der Waals surface area contributed by atoms with E-state index in [1.807, 2.05) is 17.0 Å². The van der Waals surface area contributed by atoms with E-state index in [-0.39, 0.29) is 23.9 Å². The Bertz CT molecular complexity index is 1040. The van der Waals surface area contributed by atoms with Crippen LogP contribution in [-0.4, -0.2) is 48.9 Å². The smallest absolute Gasteiger partial charge is 0.253 e. The molecule has 2 unspecified atom stereocenters. The minimum Gasteiger partial charge on any atom is -0.373 e. The summed E-state index contributed by atoms with van der Waals surface area (Å²) in [4.78, 5) is 28.0. The number of para-hydroxylation sites is 1. The second kappa shape index (κ2) is 8.58. The molecule has 1 saturated carbocycles. The quantitative estimate of drug-likeness (QED) is 0.679. The average Bonchev–Trinajstić information content (AvgIpc) is 3.55. The Balaban J connectivity index is 1.31. The lowest BCUT2D eigenvalue weighted by Crippen LogP contribution is -2.46. The zero-order valence-electron chi connectivity index (χ0n) is 18.9. The van der Waals surface area contributed by atoms with Crippen LogP contribution in [0.4, 0.5) is 5.69 Å². The van der Waals surface area contributed by atoms with Crippen molar-refractivity contribution in [1.29, 1.82) is 0 Å². The Morgan fingerprint density at radius 3 is 2.53 bits per heavy atom. The van der Waals surface area contributed by atoms with Crippen LogP contribution < -0.4 is 16.0 Å². The van der Waals surface area contributed by atoms with Gasteiger partial charge in [0, 0.05) is 43.9 Å². The molecule has 6 nitrogen and oxygen atoms in total. The monoisotopic (exact) mass is 432 g/mol. The van der Waals surface area contributed by atoms with E-state index in [0.29, 0.717) is 5.92 Å². The van der Waals surface area contributed by atoms with E-state index in [1.54, 1.807) is 0 Å². The molecule has 32 heavy (non-hydrogen) atoms.